The number of carbonyl (C=O) groups is 1. The monoisotopic (exact) mass is 940 g/mol. The van der Waals surface area contributed by atoms with Crippen molar-refractivity contribution >= 4 is 43.3 Å². The minimum absolute atomic E-state index is 0.108. The number of hydrogen-bond acceptors (Lipinski definition) is 10. The molecule has 0 fully saturated rings. The Kier molecular flexibility index (Phi) is 14.2. The van der Waals surface area contributed by atoms with Gasteiger partial charge in [-0.25, -0.2) is 4.79 Å². The maximum absolute atomic E-state index is 12.5. The summed E-state index contributed by atoms with van der Waals surface area (Å²) in [5.74, 6) is -0.587. The number of anilines is 1. The normalized spacial score (nSPS) is 18.1. The van der Waals surface area contributed by atoms with Crippen LogP contribution in [0.25, 0.3) is 0 Å². The standard InChI is InChI=1S/C50H57N3O11S2/c1-49(2)39-17-7-9-19-41(39)51(32-11-5-6-21-47(56)64-53-45(54)30-31-46(53)55)43(49)28-22-35-15-14-16-36(48(35)63-37-24-26-38(27-25-37)66(60,61)62)23-29-44-50(3,4)40-18-8-10-20-42(40)52(44)33-12-13-34-65(57,58)59/h7-10,17-20,22-31H,5-6,11-16,21,32-34H2,1-4H3,(H3-,54,55,57,58,59,60,61,62)/p+1. The summed E-state index contributed by atoms with van der Waals surface area (Å²) in [5.41, 5.74) is 7.68. The third-order valence-corrected chi connectivity index (χ3v) is 14.3. The van der Waals surface area contributed by atoms with Crippen LogP contribution in [0.2, 0.25) is 0 Å². The van der Waals surface area contributed by atoms with Gasteiger partial charge in [0.25, 0.3) is 20.2 Å². The lowest BCUT2D eigenvalue weighted by molar-refractivity contribution is -0.438. The number of aromatic hydroxyl groups is 2. The van der Waals surface area contributed by atoms with Gasteiger partial charge in [0.2, 0.25) is 17.4 Å². The van der Waals surface area contributed by atoms with E-state index in [-0.39, 0.29) is 34.2 Å². The summed E-state index contributed by atoms with van der Waals surface area (Å²) < 4.78 is 75.6. The van der Waals surface area contributed by atoms with Crippen LogP contribution in [0.4, 0.5) is 11.4 Å². The van der Waals surface area contributed by atoms with Crippen molar-refractivity contribution in [2.75, 3.05) is 23.7 Å². The van der Waals surface area contributed by atoms with Gasteiger partial charge >= 0.3 is 5.97 Å². The molecule has 1 aliphatic carbocycles. The lowest BCUT2D eigenvalue weighted by atomic mass is 9.81. The Hall–Kier alpha value is -5.94. The number of rotatable bonds is 18. The molecule has 4 aromatic rings. The van der Waals surface area contributed by atoms with E-state index in [9.17, 15) is 40.9 Å². The molecule has 7 rings (SSSR count). The Morgan fingerprint density at radius 3 is 2.14 bits per heavy atom. The fraction of sp³-hybridized carbons (Fsp3) is 0.360. The van der Waals surface area contributed by atoms with Crippen molar-refractivity contribution in [3.8, 4) is 17.5 Å². The number of aromatic nitrogens is 1. The highest BCUT2D eigenvalue weighted by molar-refractivity contribution is 7.86. The maximum atomic E-state index is 12.5. The summed E-state index contributed by atoms with van der Waals surface area (Å²) in [6.45, 7) is 9.95. The van der Waals surface area contributed by atoms with Gasteiger partial charge < -0.3 is 24.7 Å². The third-order valence-electron chi connectivity index (χ3n) is 12.6. The van der Waals surface area contributed by atoms with Crippen molar-refractivity contribution in [3.05, 3.63) is 143 Å². The topological polar surface area (TPSA) is 196 Å². The van der Waals surface area contributed by atoms with Gasteiger partial charge in [0.1, 0.15) is 18.1 Å². The van der Waals surface area contributed by atoms with E-state index in [0.717, 1.165) is 58.8 Å². The zero-order valence-corrected chi connectivity index (χ0v) is 39.3. The largest absolute Gasteiger partial charge is 0.492 e. The molecule has 4 N–H and O–H groups in total. The molecule has 14 nitrogen and oxygen atoms in total. The van der Waals surface area contributed by atoms with Gasteiger partial charge in [-0.15, -0.1) is 4.73 Å². The van der Waals surface area contributed by atoms with Gasteiger partial charge in [0.05, 0.1) is 16.1 Å². The van der Waals surface area contributed by atoms with Crippen molar-refractivity contribution < 1.29 is 55.1 Å². The highest BCUT2D eigenvalue weighted by Crippen LogP contribution is 2.48. The molecule has 350 valence electrons. The Morgan fingerprint density at radius 2 is 1.44 bits per heavy atom. The summed E-state index contributed by atoms with van der Waals surface area (Å²) in [7, 11) is -8.50. The van der Waals surface area contributed by atoms with Crippen LogP contribution in [0.3, 0.4) is 0 Å². The first kappa shape index (κ1) is 48.0. The van der Waals surface area contributed by atoms with E-state index in [1.165, 1.54) is 42.0 Å². The second-order valence-corrected chi connectivity index (χ2v) is 20.9. The quantitative estimate of drug-likeness (QED) is 0.0420. The molecule has 0 bridgehead atoms. The summed E-state index contributed by atoms with van der Waals surface area (Å²) >= 11 is 0. The molecule has 0 spiro atoms. The highest BCUT2D eigenvalue weighted by atomic mass is 32.2. The second kappa shape index (κ2) is 19.5. The minimum atomic E-state index is -4.42. The average molecular weight is 941 g/mol. The van der Waals surface area contributed by atoms with E-state index in [0.29, 0.717) is 61.4 Å². The summed E-state index contributed by atoms with van der Waals surface area (Å²) in [6, 6.07) is 24.6. The number of benzene rings is 3. The van der Waals surface area contributed by atoms with E-state index in [1.807, 2.05) is 24.3 Å². The van der Waals surface area contributed by atoms with E-state index in [4.69, 9.17) is 9.57 Å². The minimum Gasteiger partial charge on any atom is -0.492 e. The number of para-hydroxylation sites is 2. The first-order valence-electron chi connectivity index (χ1n) is 22.2. The van der Waals surface area contributed by atoms with E-state index in [2.05, 4.69) is 85.7 Å². The van der Waals surface area contributed by atoms with Crippen LogP contribution in [0.1, 0.15) is 96.6 Å². The summed E-state index contributed by atoms with van der Waals surface area (Å²) in [4.78, 5) is 19.6. The van der Waals surface area contributed by atoms with Crippen LogP contribution in [0.5, 0.6) is 17.5 Å². The summed E-state index contributed by atoms with van der Waals surface area (Å²) in [6.07, 6.45) is 13.7. The van der Waals surface area contributed by atoms with Crippen LogP contribution in [-0.2, 0) is 35.9 Å². The molecular weight excluding hydrogens is 883 g/mol. The molecule has 16 heteroatoms. The van der Waals surface area contributed by atoms with Crippen molar-refractivity contribution in [2.24, 2.45) is 0 Å². The molecule has 0 amide bonds. The molecule has 0 unspecified atom stereocenters. The van der Waals surface area contributed by atoms with Crippen molar-refractivity contribution in [2.45, 2.75) is 101 Å². The highest BCUT2D eigenvalue weighted by Gasteiger charge is 2.44. The third kappa shape index (κ3) is 10.7. The average Bonchev–Trinajstić information content (AvgIpc) is 3.78. The predicted octanol–water partition coefficient (Wildman–Crippen LogP) is 9.09. The van der Waals surface area contributed by atoms with Gasteiger partial charge in [0.15, 0.2) is 5.71 Å². The first-order valence-corrected chi connectivity index (χ1v) is 25.3. The fourth-order valence-electron chi connectivity index (χ4n) is 9.19. The zero-order valence-electron chi connectivity index (χ0n) is 37.7. The number of unbranched alkanes of at least 4 members (excludes halogenated alkanes) is 3. The molecule has 3 heterocycles. The van der Waals surface area contributed by atoms with Crippen LogP contribution in [0.15, 0.2) is 137 Å². The zero-order chi connectivity index (χ0) is 47.4. The molecule has 0 radical (unpaired) electrons. The lowest BCUT2D eigenvalue weighted by Crippen LogP contribution is -2.28. The van der Waals surface area contributed by atoms with Crippen molar-refractivity contribution in [3.63, 3.8) is 0 Å². The van der Waals surface area contributed by atoms with Crippen LogP contribution >= 0.6 is 0 Å². The van der Waals surface area contributed by atoms with E-state index in [1.54, 1.807) is 0 Å². The fourth-order valence-corrected chi connectivity index (χ4v) is 10.2. The second-order valence-electron chi connectivity index (χ2n) is 17.9. The first-order chi connectivity index (χ1) is 31.3. The smallest absolute Gasteiger partial charge is 0.333 e. The lowest BCUT2D eigenvalue weighted by Gasteiger charge is -2.27. The van der Waals surface area contributed by atoms with E-state index >= 15 is 0 Å². The number of hydrogen-bond donors (Lipinski definition) is 4. The van der Waals surface area contributed by atoms with Gasteiger partial charge in [0, 0.05) is 66.0 Å². The number of ether oxygens (including phenoxy) is 1. The number of carbonyl (C=O) groups excluding carboxylic acids is 1. The molecule has 3 aliphatic rings. The molecule has 0 saturated carbocycles. The Bertz CT molecular complexity index is 2850. The predicted molar refractivity (Wildman–Crippen MR) is 253 cm³/mol. The van der Waals surface area contributed by atoms with Gasteiger partial charge in [-0.1, -0.05) is 56.3 Å². The van der Waals surface area contributed by atoms with Crippen molar-refractivity contribution in [1.29, 1.82) is 0 Å². The maximum Gasteiger partial charge on any atom is 0.333 e. The van der Waals surface area contributed by atoms with Crippen LogP contribution in [-0.4, -0.2) is 76.0 Å². The number of allylic oxidation sites excluding steroid dienone is 7. The molecule has 66 heavy (non-hydrogen) atoms. The Balaban J connectivity index is 1.21. The molecule has 0 atom stereocenters. The van der Waals surface area contributed by atoms with Crippen molar-refractivity contribution in [1.82, 2.24) is 4.73 Å². The van der Waals surface area contributed by atoms with Crippen LogP contribution < -0.4 is 14.5 Å². The van der Waals surface area contributed by atoms with Gasteiger partial charge in [-0.2, -0.15) is 21.4 Å². The number of nitrogens with zero attached hydrogens (tertiary/aromatic N) is 3. The molecule has 0 saturated heterocycles. The van der Waals surface area contributed by atoms with Gasteiger partial charge in [-0.05, 0) is 118 Å². The van der Waals surface area contributed by atoms with E-state index < -0.39 is 31.6 Å². The molecule has 3 aromatic carbocycles. The number of fused-ring (bicyclic) bond motifs is 2. The Morgan fingerprint density at radius 1 is 0.758 bits per heavy atom. The Labute approximate surface area is 387 Å². The van der Waals surface area contributed by atoms with Crippen LogP contribution in [0, 0.1) is 0 Å². The SMILES string of the molecule is CC1(C)C(/C=C/C2=C(Oc3ccc(S(=O)(=O)O)cc3)C(=C/C=C3/N(CCCCS(=O)(=O)O)c4ccccc4C3(C)C)/CCC2)=[N+](CCCCCC(=O)On2c(O)ccc2O)c2ccccc21. The molecule has 1 aromatic heterocycles. The molecular formula is C50H58N3O11S2+. The summed E-state index contributed by atoms with van der Waals surface area (Å²) in [5, 5.41) is 19.7. The van der Waals surface area contributed by atoms with Gasteiger partial charge in [-0.3, -0.25) is 9.11 Å². The molecule has 2 aliphatic heterocycles.